The quantitative estimate of drug-likeness (QED) is 0.874. The molecule has 0 spiro atoms. The number of hydrogen-bond acceptors (Lipinski definition) is 4. The van der Waals surface area contributed by atoms with Crippen LogP contribution in [0.1, 0.15) is 36.9 Å². The lowest BCUT2D eigenvalue weighted by Crippen LogP contribution is -2.39. The molecular weight excluding hydrogens is 270 g/mol. The van der Waals surface area contributed by atoms with Gasteiger partial charge in [-0.2, -0.15) is 0 Å². The fraction of sp³-hybridized carbons (Fsp3) is 0.733. The molecule has 1 saturated heterocycles. The van der Waals surface area contributed by atoms with Crippen LogP contribution in [0.3, 0.4) is 0 Å². The zero-order valence-corrected chi connectivity index (χ0v) is 13.3. The van der Waals surface area contributed by atoms with Crippen LogP contribution in [0.2, 0.25) is 0 Å². The van der Waals surface area contributed by atoms with Crippen molar-refractivity contribution in [2.45, 2.75) is 39.0 Å². The molecule has 1 aromatic heterocycles. The predicted molar refractivity (Wildman–Crippen MR) is 83.0 cm³/mol. The van der Waals surface area contributed by atoms with Crippen LogP contribution in [0.15, 0.2) is 5.38 Å². The zero-order chi connectivity index (χ0) is 14.4. The lowest BCUT2D eigenvalue weighted by molar-refractivity contribution is -0.131. The zero-order valence-electron chi connectivity index (χ0n) is 12.5. The topological polar surface area (TPSA) is 45.2 Å². The van der Waals surface area contributed by atoms with Gasteiger partial charge in [-0.15, -0.1) is 11.3 Å². The number of nitrogens with zero attached hydrogens (tertiary/aromatic N) is 2. The van der Waals surface area contributed by atoms with Crippen LogP contribution in [0.5, 0.6) is 0 Å². The van der Waals surface area contributed by atoms with Crippen molar-refractivity contribution >= 4 is 17.2 Å². The predicted octanol–water partition coefficient (Wildman–Crippen LogP) is 2.10. The Bertz CT molecular complexity index is 425. The Morgan fingerprint density at radius 2 is 2.25 bits per heavy atom. The average molecular weight is 295 g/mol. The van der Waals surface area contributed by atoms with Crippen LogP contribution in [-0.2, 0) is 17.6 Å². The van der Waals surface area contributed by atoms with Gasteiger partial charge < -0.3 is 10.2 Å². The van der Waals surface area contributed by atoms with Gasteiger partial charge in [0.2, 0.25) is 5.91 Å². The van der Waals surface area contributed by atoms with Crippen LogP contribution in [0.4, 0.5) is 0 Å². The van der Waals surface area contributed by atoms with Crippen molar-refractivity contribution in [2.75, 3.05) is 26.7 Å². The lowest BCUT2D eigenvalue weighted by Gasteiger charge is -2.32. The van der Waals surface area contributed by atoms with Gasteiger partial charge in [-0.3, -0.25) is 4.79 Å². The van der Waals surface area contributed by atoms with E-state index >= 15 is 0 Å². The third-order valence-electron chi connectivity index (χ3n) is 4.00. The summed E-state index contributed by atoms with van der Waals surface area (Å²) < 4.78 is 0. The Balaban J connectivity index is 1.76. The maximum atomic E-state index is 12.3. The van der Waals surface area contributed by atoms with Gasteiger partial charge in [-0.25, -0.2) is 4.98 Å². The van der Waals surface area contributed by atoms with Crippen LogP contribution in [0.25, 0.3) is 0 Å². The van der Waals surface area contributed by atoms with E-state index in [4.69, 9.17) is 0 Å². The summed E-state index contributed by atoms with van der Waals surface area (Å²) in [6.07, 6.45) is 4.94. The Kier molecular flexibility index (Phi) is 5.98. The van der Waals surface area contributed by atoms with E-state index in [0.29, 0.717) is 6.42 Å². The highest BCUT2D eigenvalue weighted by molar-refractivity contribution is 7.09. The largest absolute Gasteiger partial charge is 0.342 e. The van der Waals surface area contributed by atoms with Crippen molar-refractivity contribution < 1.29 is 4.79 Å². The molecular formula is C15H25N3OS. The first kappa shape index (κ1) is 15.4. The summed E-state index contributed by atoms with van der Waals surface area (Å²) in [6.45, 7) is 5.01. The van der Waals surface area contributed by atoms with Crippen LogP contribution >= 0.6 is 11.3 Å². The van der Waals surface area contributed by atoms with Crippen LogP contribution in [0, 0.1) is 5.92 Å². The molecule has 0 atom stereocenters. The molecule has 4 nitrogen and oxygen atoms in total. The SMILES string of the molecule is CCc1nc(CC(=O)N2CCC(CCNC)CC2)cs1. The maximum Gasteiger partial charge on any atom is 0.228 e. The van der Waals surface area contributed by atoms with Crippen molar-refractivity contribution in [3.63, 3.8) is 0 Å². The maximum absolute atomic E-state index is 12.3. The summed E-state index contributed by atoms with van der Waals surface area (Å²) in [5.41, 5.74) is 0.939. The molecule has 5 heteroatoms. The van der Waals surface area contributed by atoms with Gasteiger partial charge >= 0.3 is 0 Å². The first-order chi connectivity index (χ1) is 9.72. The summed E-state index contributed by atoms with van der Waals surface area (Å²) in [4.78, 5) is 18.8. The Morgan fingerprint density at radius 3 is 2.85 bits per heavy atom. The number of hydrogen-bond donors (Lipinski definition) is 1. The third kappa shape index (κ3) is 4.28. The van der Waals surface area contributed by atoms with Gasteiger partial charge in [-0.1, -0.05) is 6.92 Å². The summed E-state index contributed by atoms with van der Waals surface area (Å²) in [5, 5.41) is 6.35. The van der Waals surface area contributed by atoms with Crippen molar-refractivity contribution in [1.29, 1.82) is 0 Å². The number of amides is 1. The van der Waals surface area contributed by atoms with E-state index in [1.54, 1.807) is 11.3 Å². The van der Waals surface area contributed by atoms with E-state index in [-0.39, 0.29) is 5.91 Å². The number of aromatic nitrogens is 1. The summed E-state index contributed by atoms with van der Waals surface area (Å²) in [7, 11) is 2.00. The monoisotopic (exact) mass is 295 g/mol. The number of likely N-dealkylation sites (tertiary alicyclic amines) is 1. The standard InChI is InChI=1S/C15H25N3OS/c1-3-14-17-13(11-20-14)10-15(19)18-8-5-12(6-9-18)4-7-16-2/h11-12,16H,3-10H2,1-2H3. The second kappa shape index (κ2) is 7.74. The highest BCUT2D eigenvalue weighted by Crippen LogP contribution is 2.21. The molecule has 1 aliphatic heterocycles. The molecule has 1 fully saturated rings. The number of carbonyl (C=O) groups excluding carboxylic acids is 1. The minimum atomic E-state index is 0.241. The van der Waals surface area contributed by atoms with E-state index in [1.807, 2.05) is 17.3 Å². The molecule has 1 aromatic rings. The Hall–Kier alpha value is -0.940. The van der Waals surface area contributed by atoms with Gasteiger partial charge in [0.25, 0.3) is 0 Å². The summed E-state index contributed by atoms with van der Waals surface area (Å²) in [5.74, 6) is 1.02. The number of carbonyl (C=O) groups is 1. The van der Waals surface area contributed by atoms with E-state index in [2.05, 4.69) is 17.2 Å². The first-order valence-corrected chi connectivity index (χ1v) is 8.46. The average Bonchev–Trinajstić information content (AvgIpc) is 2.93. The Labute approximate surface area is 125 Å². The van der Waals surface area contributed by atoms with Crippen LogP contribution in [-0.4, -0.2) is 42.5 Å². The molecule has 1 N–H and O–H groups in total. The third-order valence-corrected chi connectivity index (χ3v) is 5.05. The Morgan fingerprint density at radius 1 is 1.50 bits per heavy atom. The molecule has 1 amide bonds. The molecule has 2 rings (SSSR count). The molecule has 20 heavy (non-hydrogen) atoms. The summed E-state index contributed by atoms with van der Waals surface area (Å²) >= 11 is 1.66. The van der Waals surface area contributed by atoms with E-state index in [1.165, 1.54) is 6.42 Å². The molecule has 0 saturated carbocycles. The molecule has 112 valence electrons. The van der Waals surface area contributed by atoms with Crippen molar-refractivity contribution in [3.05, 3.63) is 16.1 Å². The second-order valence-corrected chi connectivity index (χ2v) is 6.42. The molecule has 1 aliphatic rings. The van der Waals surface area contributed by atoms with Gasteiger partial charge in [0.05, 0.1) is 17.1 Å². The van der Waals surface area contributed by atoms with E-state index in [0.717, 1.165) is 55.5 Å². The number of rotatable bonds is 6. The van der Waals surface area contributed by atoms with E-state index in [9.17, 15) is 4.79 Å². The van der Waals surface area contributed by atoms with Gasteiger partial charge in [0.15, 0.2) is 0 Å². The molecule has 0 bridgehead atoms. The minimum absolute atomic E-state index is 0.241. The molecule has 0 aliphatic carbocycles. The van der Waals surface area contributed by atoms with Crippen molar-refractivity contribution in [3.8, 4) is 0 Å². The lowest BCUT2D eigenvalue weighted by atomic mass is 9.93. The van der Waals surface area contributed by atoms with E-state index < -0.39 is 0 Å². The number of nitrogens with one attached hydrogen (secondary N) is 1. The van der Waals surface area contributed by atoms with Gasteiger partial charge in [0.1, 0.15) is 0 Å². The normalized spacial score (nSPS) is 16.6. The van der Waals surface area contributed by atoms with Crippen molar-refractivity contribution in [1.82, 2.24) is 15.2 Å². The highest BCUT2D eigenvalue weighted by atomic mass is 32.1. The molecule has 2 heterocycles. The first-order valence-electron chi connectivity index (χ1n) is 7.58. The fourth-order valence-electron chi connectivity index (χ4n) is 2.68. The molecule has 0 unspecified atom stereocenters. The minimum Gasteiger partial charge on any atom is -0.342 e. The van der Waals surface area contributed by atoms with Crippen LogP contribution < -0.4 is 5.32 Å². The fourth-order valence-corrected chi connectivity index (χ4v) is 3.42. The smallest absolute Gasteiger partial charge is 0.228 e. The summed E-state index contributed by atoms with van der Waals surface area (Å²) in [6, 6.07) is 0. The van der Waals surface area contributed by atoms with Gasteiger partial charge in [-0.05, 0) is 45.2 Å². The second-order valence-electron chi connectivity index (χ2n) is 5.48. The number of piperidine rings is 1. The molecule has 0 radical (unpaired) electrons. The number of aryl methyl sites for hydroxylation is 1. The van der Waals surface area contributed by atoms with Gasteiger partial charge in [0, 0.05) is 18.5 Å². The molecule has 0 aromatic carbocycles. The highest BCUT2D eigenvalue weighted by Gasteiger charge is 2.22. The van der Waals surface area contributed by atoms with Crippen molar-refractivity contribution in [2.24, 2.45) is 5.92 Å². The number of thiazole rings is 1.